The third kappa shape index (κ3) is 2.10. The first kappa shape index (κ1) is 11.2. The Bertz CT molecular complexity index is 770. The van der Waals surface area contributed by atoms with E-state index in [4.69, 9.17) is 0 Å². The van der Waals surface area contributed by atoms with E-state index in [2.05, 4.69) is 20.6 Å². The minimum absolute atomic E-state index is 0.153. The number of carbonyl (C=O) groups is 1. The molecule has 0 saturated heterocycles. The number of amides is 1. The number of nitrogens with zero attached hydrogens (tertiary/aromatic N) is 4. The van der Waals surface area contributed by atoms with Gasteiger partial charge in [0.1, 0.15) is 12.4 Å². The highest BCUT2D eigenvalue weighted by molar-refractivity contribution is 5.89. The molecule has 0 unspecified atom stereocenters. The van der Waals surface area contributed by atoms with Crippen LogP contribution in [0.4, 0.5) is 5.82 Å². The molecule has 0 fully saturated rings. The third-order valence-corrected chi connectivity index (χ3v) is 2.56. The van der Waals surface area contributed by atoms with Gasteiger partial charge in [-0.1, -0.05) is 6.07 Å². The molecule has 0 bridgehead atoms. The maximum Gasteiger partial charge on any atom is 0.350 e. The Balaban J connectivity index is 1.83. The fraction of sp³-hybridized carbons (Fsp3) is 0.0909. The summed E-state index contributed by atoms with van der Waals surface area (Å²) in [5.41, 5.74) is 0.150. The summed E-state index contributed by atoms with van der Waals surface area (Å²) in [5.74, 6) is 0.122. The molecule has 0 aliphatic carbocycles. The van der Waals surface area contributed by atoms with E-state index in [1.54, 1.807) is 30.5 Å². The minimum Gasteiger partial charge on any atom is -0.309 e. The normalized spacial score (nSPS) is 10.7. The first-order chi connectivity index (χ1) is 9.24. The topological polar surface area (TPSA) is 97.1 Å². The van der Waals surface area contributed by atoms with Crippen LogP contribution in [0.3, 0.4) is 0 Å². The zero-order chi connectivity index (χ0) is 13.2. The van der Waals surface area contributed by atoms with Crippen molar-refractivity contribution in [3.05, 3.63) is 47.1 Å². The predicted molar refractivity (Wildman–Crippen MR) is 66.7 cm³/mol. The Morgan fingerprint density at radius 2 is 2.26 bits per heavy atom. The Hall–Kier alpha value is -2.90. The molecule has 0 saturated carbocycles. The van der Waals surface area contributed by atoms with Crippen molar-refractivity contribution in [2.75, 3.05) is 5.32 Å². The van der Waals surface area contributed by atoms with Crippen LogP contribution in [0.1, 0.15) is 0 Å². The van der Waals surface area contributed by atoms with Crippen LogP contribution >= 0.6 is 0 Å². The highest BCUT2D eigenvalue weighted by atomic mass is 16.2. The monoisotopic (exact) mass is 258 g/mol. The zero-order valence-electron chi connectivity index (χ0n) is 9.78. The predicted octanol–water partition coefficient (Wildman–Crippen LogP) is -0.142. The number of hydrogen-bond acceptors (Lipinski definition) is 4. The standard InChI is InChI=1S/C11H10N6O2/c18-10(13-8-4-5-12-14-8)7-17-11(19)16-6-2-1-3-9(16)15-17/h1-6H,7H2,(H2,12,13,14,18). The smallest absolute Gasteiger partial charge is 0.309 e. The van der Waals surface area contributed by atoms with E-state index < -0.39 is 0 Å². The van der Waals surface area contributed by atoms with E-state index in [9.17, 15) is 9.59 Å². The van der Waals surface area contributed by atoms with Gasteiger partial charge in [-0.2, -0.15) is 5.10 Å². The van der Waals surface area contributed by atoms with Crippen molar-refractivity contribution in [2.24, 2.45) is 0 Å². The molecule has 3 rings (SSSR count). The van der Waals surface area contributed by atoms with Crippen molar-refractivity contribution in [3.63, 3.8) is 0 Å². The number of aromatic amines is 1. The second-order valence-electron chi connectivity index (χ2n) is 3.89. The lowest BCUT2D eigenvalue weighted by atomic mass is 10.5. The summed E-state index contributed by atoms with van der Waals surface area (Å²) >= 11 is 0. The van der Waals surface area contributed by atoms with Crippen LogP contribution < -0.4 is 11.0 Å². The molecular formula is C11H10N6O2. The summed E-state index contributed by atoms with van der Waals surface area (Å²) in [5, 5.41) is 12.9. The summed E-state index contributed by atoms with van der Waals surface area (Å²) in [6.45, 7) is -0.153. The molecule has 0 aliphatic heterocycles. The Labute approximate surface area is 106 Å². The van der Waals surface area contributed by atoms with Gasteiger partial charge in [-0.25, -0.2) is 9.48 Å². The van der Waals surface area contributed by atoms with Crippen LogP contribution in [-0.2, 0) is 11.3 Å². The largest absolute Gasteiger partial charge is 0.350 e. The number of fused-ring (bicyclic) bond motifs is 1. The van der Waals surface area contributed by atoms with Gasteiger partial charge in [0.05, 0.1) is 6.20 Å². The lowest BCUT2D eigenvalue weighted by Crippen LogP contribution is -2.28. The number of anilines is 1. The highest BCUT2D eigenvalue weighted by Gasteiger charge is 2.10. The maximum absolute atomic E-state index is 11.9. The maximum atomic E-state index is 11.9. The molecule has 0 aliphatic rings. The third-order valence-electron chi connectivity index (χ3n) is 2.56. The van der Waals surface area contributed by atoms with Crippen molar-refractivity contribution >= 4 is 17.4 Å². The quantitative estimate of drug-likeness (QED) is 0.683. The molecular weight excluding hydrogens is 248 g/mol. The first-order valence-corrected chi connectivity index (χ1v) is 5.57. The molecule has 2 N–H and O–H groups in total. The van der Waals surface area contributed by atoms with Gasteiger partial charge in [-0.15, -0.1) is 5.10 Å². The van der Waals surface area contributed by atoms with Crippen molar-refractivity contribution in [1.29, 1.82) is 0 Å². The summed E-state index contributed by atoms with van der Waals surface area (Å²) < 4.78 is 2.49. The van der Waals surface area contributed by atoms with E-state index >= 15 is 0 Å². The molecule has 0 atom stereocenters. The summed E-state index contributed by atoms with van der Waals surface area (Å²) in [7, 11) is 0. The average Bonchev–Trinajstić information content (AvgIpc) is 3.00. The summed E-state index contributed by atoms with van der Waals surface area (Å²) in [6.07, 6.45) is 3.13. The van der Waals surface area contributed by atoms with Crippen LogP contribution in [0.5, 0.6) is 0 Å². The number of carbonyl (C=O) groups excluding carboxylic acids is 1. The number of H-pyrrole nitrogens is 1. The molecule has 0 spiro atoms. The van der Waals surface area contributed by atoms with Gasteiger partial charge in [-0.3, -0.25) is 14.3 Å². The van der Waals surface area contributed by atoms with Crippen LogP contribution in [0.2, 0.25) is 0 Å². The molecule has 3 aromatic rings. The molecule has 0 radical (unpaired) electrons. The van der Waals surface area contributed by atoms with E-state index in [-0.39, 0.29) is 18.1 Å². The number of hydrogen-bond donors (Lipinski definition) is 2. The van der Waals surface area contributed by atoms with Gasteiger partial charge < -0.3 is 5.32 Å². The van der Waals surface area contributed by atoms with E-state index in [0.717, 1.165) is 4.68 Å². The van der Waals surface area contributed by atoms with Crippen LogP contribution in [0.25, 0.3) is 5.65 Å². The van der Waals surface area contributed by atoms with Crippen molar-refractivity contribution in [1.82, 2.24) is 24.4 Å². The van der Waals surface area contributed by atoms with Crippen LogP contribution in [0, 0.1) is 0 Å². The number of rotatable bonds is 3. The molecule has 3 aromatic heterocycles. The second-order valence-corrected chi connectivity index (χ2v) is 3.89. The molecule has 1 amide bonds. The fourth-order valence-electron chi connectivity index (χ4n) is 1.72. The Morgan fingerprint density at radius 3 is 3.00 bits per heavy atom. The van der Waals surface area contributed by atoms with Gasteiger partial charge in [-0.05, 0) is 12.1 Å². The second kappa shape index (κ2) is 4.41. The van der Waals surface area contributed by atoms with Crippen molar-refractivity contribution < 1.29 is 4.79 Å². The first-order valence-electron chi connectivity index (χ1n) is 5.57. The zero-order valence-corrected chi connectivity index (χ0v) is 9.78. The van der Waals surface area contributed by atoms with E-state index in [0.29, 0.717) is 11.5 Å². The SMILES string of the molecule is O=C(Cn1nc2ccccn2c1=O)Nc1ccn[nH]1. The minimum atomic E-state index is -0.352. The lowest BCUT2D eigenvalue weighted by Gasteiger charge is -2.00. The Morgan fingerprint density at radius 1 is 1.37 bits per heavy atom. The molecule has 96 valence electrons. The van der Waals surface area contributed by atoms with Gasteiger partial charge in [0.15, 0.2) is 5.65 Å². The van der Waals surface area contributed by atoms with Crippen LogP contribution in [-0.4, -0.2) is 30.3 Å². The molecule has 0 aromatic carbocycles. The van der Waals surface area contributed by atoms with Crippen molar-refractivity contribution in [3.8, 4) is 0 Å². The van der Waals surface area contributed by atoms with Gasteiger partial charge >= 0.3 is 5.69 Å². The number of aromatic nitrogens is 5. The van der Waals surface area contributed by atoms with Crippen LogP contribution in [0.15, 0.2) is 41.5 Å². The lowest BCUT2D eigenvalue weighted by molar-refractivity contribution is -0.117. The summed E-state index contributed by atoms with van der Waals surface area (Å²) in [4.78, 5) is 23.7. The molecule has 8 nitrogen and oxygen atoms in total. The van der Waals surface area contributed by atoms with Gasteiger partial charge in [0, 0.05) is 12.3 Å². The molecule has 3 heterocycles. The molecule has 19 heavy (non-hydrogen) atoms. The fourth-order valence-corrected chi connectivity index (χ4v) is 1.72. The van der Waals surface area contributed by atoms with E-state index in [1.807, 2.05) is 0 Å². The molecule has 8 heteroatoms. The average molecular weight is 258 g/mol. The number of pyridine rings is 1. The highest BCUT2D eigenvalue weighted by Crippen LogP contribution is 1.99. The van der Waals surface area contributed by atoms with Gasteiger partial charge in [0.2, 0.25) is 5.91 Å². The summed E-state index contributed by atoms with van der Waals surface area (Å²) in [6, 6.07) is 6.82. The number of nitrogens with one attached hydrogen (secondary N) is 2. The van der Waals surface area contributed by atoms with Gasteiger partial charge in [0.25, 0.3) is 0 Å². The van der Waals surface area contributed by atoms with E-state index in [1.165, 1.54) is 10.6 Å². The van der Waals surface area contributed by atoms with Crippen molar-refractivity contribution in [2.45, 2.75) is 6.54 Å². The Kier molecular flexibility index (Phi) is 2.60.